The van der Waals surface area contributed by atoms with Crippen LogP contribution < -0.4 is 0 Å². The third-order valence-electron chi connectivity index (χ3n) is 7.55. The van der Waals surface area contributed by atoms with E-state index in [0.717, 1.165) is 73.3 Å². The molecule has 37 heavy (non-hydrogen) atoms. The van der Waals surface area contributed by atoms with Gasteiger partial charge in [-0.3, -0.25) is 0 Å². The predicted octanol–water partition coefficient (Wildman–Crippen LogP) is 6.00. The standard InChI is InChI=1S/C15H17F3N2.C13H14F2N2/c1-9-7-11(15(16,17)18)14-10-3-5-20(2)6-4-12(10)19-13(14)8-9;1-17-4-2-8-9-6-10(14)11(15)7-13(9)16-12(8)3-5-17/h7-8,19H,3-6H2,1-2H3;6-7,16H,2-5H2,1H3. The molecule has 0 bridgehead atoms. The van der Waals surface area contributed by atoms with Gasteiger partial charge in [0.25, 0.3) is 0 Å². The van der Waals surface area contributed by atoms with Crippen molar-refractivity contribution >= 4 is 21.8 Å². The third kappa shape index (κ3) is 5.11. The normalized spacial score (nSPS) is 17.2. The molecule has 2 aromatic carbocycles. The number of hydrogen-bond acceptors (Lipinski definition) is 2. The molecule has 0 radical (unpaired) electrons. The van der Waals surface area contributed by atoms with E-state index in [0.29, 0.717) is 28.4 Å². The Kier molecular flexibility index (Phi) is 6.79. The molecule has 198 valence electrons. The van der Waals surface area contributed by atoms with Crippen LogP contribution in [0.25, 0.3) is 21.8 Å². The minimum atomic E-state index is -4.31. The summed E-state index contributed by atoms with van der Waals surface area (Å²) in [6.45, 7) is 5.31. The average molecular weight is 519 g/mol. The molecule has 4 nitrogen and oxygen atoms in total. The maximum Gasteiger partial charge on any atom is 0.417 e. The van der Waals surface area contributed by atoms with Crippen LogP contribution in [-0.4, -0.2) is 60.0 Å². The minimum absolute atomic E-state index is 0.369. The monoisotopic (exact) mass is 518 g/mol. The van der Waals surface area contributed by atoms with E-state index in [1.165, 1.54) is 18.2 Å². The van der Waals surface area contributed by atoms with Crippen LogP contribution >= 0.6 is 0 Å². The van der Waals surface area contributed by atoms with Crippen molar-refractivity contribution in [3.63, 3.8) is 0 Å². The van der Waals surface area contributed by atoms with Crippen molar-refractivity contribution in [2.24, 2.45) is 0 Å². The molecule has 0 fully saturated rings. The number of fused-ring (bicyclic) bond motifs is 6. The number of hydrogen-bond donors (Lipinski definition) is 2. The highest BCUT2D eigenvalue weighted by molar-refractivity contribution is 5.89. The van der Waals surface area contributed by atoms with Gasteiger partial charge in [0.2, 0.25) is 0 Å². The molecule has 9 heteroatoms. The van der Waals surface area contributed by atoms with Gasteiger partial charge in [-0.25, -0.2) is 8.78 Å². The van der Waals surface area contributed by atoms with Gasteiger partial charge >= 0.3 is 6.18 Å². The first kappa shape index (κ1) is 25.7. The molecule has 0 spiro atoms. The van der Waals surface area contributed by atoms with E-state index in [4.69, 9.17) is 0 Å². The Morgan fingerprint density at radius 2 is 1.24 bits per heavy atom. The smallest absolute Gasteiger partial charge is 0.358 e. The number of likely N-dealkylation sites (N-methyl/N-ethyl adjacent to an activating group) is 2. The van der Waals surface area contributed by atoms with E-state index >= 15 is 0 Å². The fourth-order valence-electron chi connectivity index (χ4n) is 5.55. The van der Waals surface area contributed by atoms with Crippen LogP contribution in [0.4, 0.5) is 22.0 Å². The summed E-state index contributed by atoms with van der Waals surface area (Å²) in [6.07, 6.45) is -1.08. The number of aromatic amines is 2. The second-order valence-electron chi connectivity index (χ2n) is 10.3. The lowest BCUT2D eigenvalue weighted by atomic mass is 10.00. The highest BCUT2D eigenvalue weighted by Crippen LogP contribution is 2.39. The second kappa shape index (κ2) is 9.76. The highest BCUT2D eigenvalue weighted by Gasteiger charge is 2.35. The average Bonchev–Trinajstić information content (AvgIpc) is 3.20. The molecule has 6 rings (SSSR count). The molecule has 2 N–H and O–H groups in total. The molecule has 0 amide bonds. The fraction of sp³-hybridized carbons (Fsp3) is 0.429. The summed E-state index contributed by atoms with van der Waals surface area (Å²) in [5.41, 5.74) is 5.52. The van der Waals surface area contributed by atoms with Gasteiger partial charge in [0.05, 0.1) is 5.56 Å². The maximum absolute atomic E-state index is 13.3. The zero-order valence-corrected chi connectivity index (χ0v) is 21.3. The summed E-state index contributed by atoms with van der Waals surface area (Å²) in [6, 6.07) is 5.63. The highest BCUT2D eigenvalue weighted by atomic mass is 19.4. The molecule has 0 unspecified atom stereocenters. The van der Waals surface area contributed by atoms with Gasteiger partial charge in [0.1, 0.15) is 0 Å². The number of halogens is 5. The van der Waals surface area contributed by atoms with E-state index in [2.05, 4.69) is 26.8 Å². The number of nitrogens with one attached hydrogen (secondary N) is 2. The summed E-state index contributed by atoms with van der Waals surface area (Å²) in [7, 11) is 4.08. The lowest BCUT2D eigenvalue weighted by Gasteiger charge is -2.13. The molecular formula is C28H31F5N4. The molecule has 2 aromatic heterocycles. The maximum atomic E-state index is 13.3. The Hall–Kier alpha value is -2.91. The molecule has 2 aliphatic rings. The van der Waals surface area contributed by atoms with Crippen LogP contribution in [0, 0.1) is 18.6 Å². The number of nitrogens with zero attached hydrogens (tertiary/aromatic N) is 2. The van der Waals surface area contributed by atoms with E-state index in [1.54, 1.807) is 6.92 Å². The van der Waals surface area contributed by atoms with Gasteiger partial charge in [0.15, 0.2) is 11.6 Å². The van der Waals surface area contributed by atoms with Crippen LogP contribution in [0.5, 0.6) is 0 Å². The van der Waals surface area contributed by atoms with Crippen molar-refractivity contribution in [3.05, 3.63) is 69.5 Å². The first-order chi connectivity index (χ1) is 17.5. The summed E-state index contributed by atoms with van der Waals surface area (Å²) < 4.78 is 66.3. The number of benzene rings is 2. The van der Waals surface area contributed by atoms with Gasteiger partial charge in [-0.05, 0) is 68.8 Å². The lowest BCUT2D eigenvalue weighted by molar-refractivity contribution is -0.136. The van der Waals surface area contributed by atoms with Gasteiger partial charge in [-0.1, -0.05) is 0 Å². The van der Waals surface area contributed by atoms with E-state index in [1.807, 2.05) is 13.1 Å². The van der Waals surface area contributed by atoms with Gasteiger partial charge in [-0.2, -0.15) is 13.2 Å². The van der Waals surface area contributed by atoms with E-state index < -0.39 is 23.4 Å². The first-order valence-electron chi connectivity index (χ1n) is 12.6. The number of rotatable bonds is 0. The Labute approximate surface area is 212 Å². The van der Waals surface area contributed by atoms with Crippen LogP contribution in [0.3, 0.4) is 0 Å². The summed E-state index contributed by atoms with van der Waals surface area (Å²) in [5, 5.41) is 1.20. The van der Waals surface area contributed by atoms with Gasteiger partial charge in [-0.15, -0.1) is 0 Å². The summed E-state index contributed by atoms with van der Waals surface area (Å²) in [5.74, 6) is -1.55. The van der Waals surface area contributed by atoms with Crippen molar-refractivity contribution in [1.82, 2.24) is 19.8 Å². The number of alkyl halides is 3. The molecule has 2 aliphatic heterocycles. The Bertz CT molecular complexity index is 1450. The van der Waals surface area contributed by atoms with Crippen LogP contribution in [0.1, 0.15) is 33.6 Å². The Balaban J connectivity index is 0.000000153. The Morgan fingerprint density at radius 3 is 1.89 bits per heavy atom. The molecular weight excluding hydrogens is 487 g/mol. The predicted molar refractivity (Wildman–Crippen MR) is 136 cm³/mol. The number of aryl methyl sites for hydroxylation is 1. The van der Waals surface area contributed by atoms with Crippen molar-refractivity contribution in [3.8, 4) is 0 Å². The number of aromatic nitrogens is 2. The molecule has 0 saturated carbocycles. The molecule has 0 atom stereocenters. The first-order valence-corrected chi connectivity index (χ1v) is 12.6. The zero-order chi connectivity index (χ0) is 26.5. The lowest BCUT2D eigenvalue weighted by Crippen LogP contribution is -2.21. The van der Waals surface area contributed by atoms with Crippen LogP contribution in [0.15, 0.2) is 24.3 Å². The van der Waals surface area contributed by atoms with E-state index in [9.17, 15) is 22.0 Å². The van der Waals surface area contributed by atoms with Crippen LogP contribution in [-0.2, 0) is 31.9 Å². The van der Waals surface area contributed by atoms with Gasteiger partial charge in [0, 0.05) is 78.3 Å². The molecule has 4 aromatic rings. The largest absolute Gasteiger partial charge is 0.417 e. The topological polar surface area (TPSA) is 38.1 Å². The zero-order valence-electron chi connectivity index (χ0n) is 21.3. The summed E-state index contributed by atoms with van der Waals surface area (Å²) >= 11 is 0. The van der Waals surface area contributed by atoms with Gasteiger partial charge < -0.3 is 19.8 Å². The quantitative estimate of drug-likeness (QED) is 0.280. The Morgan fingerprint density at radius 1 is 0.703 bits per heavy atom. The van der Waals surface area contributed by atoms with Crippen molar-refractivity contribution in [1.29, 1.82) is 0 Å². The fourth-order valence-corrected chi connectivity index (χ4v) is 5.55. The van der Waals surface area contributed by atoms with Crippen molar-refractivity contribution in [2.75, 3.05) is 40.3 Å². The molecule has 0 saturated heterocycles. The van der Waals surface area contributed by atoms with Crippen molar-refractivity contribution in [2.45, 2.75) is 38.8 Å². The summed E-state index contributed by atoms with van der Waals surface area (Å²) in [4.78, 5) is 10.8. The molecule has 0 aliphatic carbocycles. The minimum Gasteiger partial charge on any atom is -0.358 e. The van der Waals surface area contributed by atoms with Crippen molar-refractivity contribution < 1.29 is 22.0 Å². The van der Waals surface area contributed by atoms with Crippen LogP contribution in [0.2, 0.25) is 0 Å². The third-order valence-corrected chi connectivity index (χ3v) is 7.55. The van der Waals surface area contributed by atoms with E-state index in [-0.39, 0.29) is 0 Å². The molecule has 4 heterocycles. The number of H-pyrrole nitrogens is 2. The SMILES string of the molecule is CN1CCc2[nH]c3cc(F)c(F)cc3c2CC1.Cc1cc(C(F)(F)F)c2c3c([nH]c2c1)CCN(C)CC3. The second-order valence-corrected chi connectivity index (χ2v) is 10.3.